The molecule has 2 unspecified atom stereocenters. The van der Waals surface area contributed by atoms with Crippen molar-refractivity contribution < 1.29 is 9.47 Å². The largest absolute Gasteiger partial charge is 0.381 e. The SMILES string of the molecule is CN(C)C1CCOCC1CN(C)C1CCOCC1. The molecule has 0 radical (unpaired) electrons. The van der Waals surface area contributed by atoms with E-state index in [1.54, 1.807) is 0 Å². The average Bonchev–Trinajstić information content (AvgIpc) is 2.40. The number of rotatable bonds is 4. The summed E-state index contributed by atoms with van der Waals surface area (Å²) in [5, 5.41) is 0. The Kier molecular flexibility index (Phi) is 5.42. The summed E-state index contributed by atoms with van der Waals surface area (Å²) < 4.78 is 11.1. The van der Waals surface area contributed by atoms with Crippen LogP contribution >= 0.6 is 0 Å². The van der Waals surface area contributed by atoms with E-state index in [0.717, 1.165) is 33.0 Å². The molecular weight excluding hydrogens is 228 g/mol. The first-order valence-electron chi connectivity index (χ1n) is 7.20. The zero-order valence-corrected chi connectivity index (χ0v) is 12.1. The summed E-state index contributed by atoms with van der Waals surface area (Å²) in [4.78, 5) is 4.89. The van der Waals surface area contributed by atoms with Crippen LogP contribution in [0, 0.1) is 5.92 Å². The Bertz CT molecular complexity index is 242. The third-order valence-electron chi connectivity index (χ3n) is 4.43. The maximum absolute atomic E-state index is 5.67. The molecule has 2 saturated heterocycles. The summed E-state index contributed by atoms with van der Waals surface area (Å²) >= 11 is 0. The van der Waals surface area contributed by atoms with Gasteiger partial charge in [-0.1, -0.05) is 0 Å². The highest BCUT2D eigenvalue weighted by molar-refractivity contribution is 4.83. The molecule has 0 spiro atoms. The second-order valence-corrected chi connectivity index (χ2v) is 5.94. The zero-order chi connectivity index (χ0) is 13.0. The van der Waals surface area contributed by atoms with Gasteiger partial charge in [-0.2, -0.15) is 0 Å². The van der Waals surface area contributed by atoms with Crippen LogP contribution in [0.2, 0.25) is 0 Å². The molecule has 2 fully saturated rings. The lowest BCUT2D eigenvalue weighted by Gasteiger charge is -2.40. The Hall–Kier alpha value is -0.160. The Balaban J connectivity index is 1.85. The molecule has 0 N–H and O–H groups in total. The van der Waals surface area contributed by atoms with E-state index < -0.39 is 0 Å². The number of hydrogen-bond acceptors (Lipinski definition) is 4. The van der Waals surface area contributed by atoms with Crippen molar-refractivity contribution in [3.05, 3.63) is 0 Å². The monoisotopic (exact) mass is 256 g/mol. The highest BCUT2D eigenvalue weighted by atomic mass is 16.5. The lowest BCUT2D eigenvalue weighted by atomic mass is 9.93. The molecule has 0 saturated carbocycles. The molecule has 106 valence electrons. The van der Waals surface area contributed by atoms with Crippen LogP contribution in [0.3, 0.4) is 0 Å². The number of ether oxygens (including phenoxy) is 2. The molecule has 4 nitrogen and oxygen atoms in total. The Morgan fingerprint density at radius 1 is 0.944 bits per heavy atom. The molecule has 4 heteroatoms. The highest BCUT2D eigenvalue weighted by Crippen LogP contribution is 2.22. The molecule has 0 aliphatic carbocycles. The molecule has 2 rings (SSSR count). The van der Waals surface area contributed by atoms with Gasteiger partial charge in [-0.15, -0.1) is 0 Å². The van der Waals surface area contributed by atoms with Gasteiger partial charge in [0.2, 0.25) is 0 Å². The topological polar surface area (TPSA) is 24.9 Å². The van der Waals surface area contributed by atoms with Gasteiger partial charge in [0.15, 0.2) is 0 Å². The highest BCUT2D eigenvalue weighted by Gasteiger charge is 2.30. The van der Waals surface area contributed by atoms with Gasteiger partial charge in [0, 0.05) is 44.4 Å². The van der Waals surface area contributed by atoms with E-state index in [-0.39, 0.29) is 0 Å². The molecular formula is C14H28N2O2. The van der Waals surface area contributed by atoms with Crippen LogP contribution in [0.4, 0.5) is 0 Å². The van der Waals surface area contributed by atoms with Gasteiger partial charge in [0.25, 0.3) is 0 Å². The Morgan fingerprint density at radius 2 is 1.61 bits per heavy atom. The van der Waals surface area contributed by atoms with Gasteiger partial charge in [0.1, 0.15) is 0 Å². The van der Waals surface area contributed by atoms with Crippen LogP contribution in [0.5, 0.6) is 0 Å². The second kappa shape index (κ2) is 6.85. The minimum atomic E-state index is 0.640. The van der Waals surface area contributed by atoms with Crippen LogP contribution in [-0.4, -0.2) is 76.0 Å². The van der Waals surface area contributed by atoms with E-state index in [1.807, 2.05) is 0 Å². The summed E-state index contributed by atoms with van der Waals surface area (Å²) in [5.74, 6) is 0.640. The average molecular weight is 256 g/mol. The molecule has 0 bridgehead atoms. The molecule has 18 heavy (non-hydrogen) atoms. The quantitative estimate of drug-likeness (QED) is 0.751. The first-order chi connectivity index (χ1) is 8.68. The summed E-state index contributed by atoms with van der Waals surface area (Å²) in [6, 6.07) is 1.37. The second-order valence-electron chi connectivity index (χ2n) is 5.94. The van der Waals surface area contributed by atoms with Crippen molar-refractivity contribution in [3.8, 4) is 0 Å². The van der Waals surface area contributed by atoms with E-state index in [9.17, 15) is 0 Å². The van der Waals surface area contributed by atoms with Gasteiger partial charge in [0.05, 0.1) is 6.61 Å². The van der Waals surface area contributed by atoms with Crippen molar-refractivity contribution in [1.82, 2.24) is 9.80 Å². The smallest absolute Gasteiger partial charge is 0.0521 e. The first-order valence-corrected chi connectivity index (χ1v) is 7.20. The molecule has 0 aromatic carbocycles. The van der Waals surface area contributed by atoms with Crippen LogP contribution < -0.4 is 0 Å². The molecule has 0 aromatic rings. The minimum absolute atomic E-state index is 0.640. The fourth-order valence-electron chi connectivity index (χ4n) is 3.28. The standard InChI is InChI=1S/C14H28N2O2/c1-15(2)14-6-9-18-11-12(14)10-16(3)13-4-7-17-8-5-13/h12-14H,4-11H2,1-3H3. The maximum Gasteiger partial charge on any atom is 0.0521 e. The van der Waals surface area contributed by atoms with Gasteiger partial charge in [-0.3, -0.25) is 0 Å². The third-order valence-corrected chi connectivity index (χ3v) is 4.43. The van der Waals surface area contributed by atoms with Crippen molar-refractivity contribution in [1.29, 1.82) is 0 Å². The van der Waals surface area contributed by atoms with E-state index in [4.69, 9.17) is 9.47 Å². The van der Waals surface area contributed by atoms with Crippen molar-refractivity contribution in [2.24, 2.45) is 5.92 Å². The van der Waals surface area contributed by atoms with Gasteiger partial charge in [-0.25, -0.2) is 0 Å². The summed E-state index contributed by atoms with van der Waals surface area (Å²) in [5.41, 5.74) is 0. The summed E-state index contributed by atoms with van der Waals surface area (Å²) in [6.07, 6.45) is 3.52. The van der Waals surface area contributed by atoms with E-state index in [2.05, 4.69) is 30.9 Å². The van der Waals surface area contributed by atoms with Gasteiger partial charge in [-0.05, 0) is 40.4 Å². The summed E-state index contributed by atoms with van der Waals surface area (Å²) in [7, 11) is 6.65. The molecule has 2 atom stereocenters. The van der Waals surface area contributed by atoms with Gasteiger partial charge < -0.3 is 19.3 Å². The Morgan fingerprint density at radius 3 is 2.28 bits per heavy atom. The fourth-order valence-corrected chi connectivity index (χ4v) is 3.28. The first kappa shape index (κ1) is 14.3. The van der Waals surface area contributed by atoms with E-state index in [1.165, 1.54) is 19.3 Å². The molecule has 2 aliphatic rings. The van der Waals surface area contributed by atoms with Crippen LogP contribution in [0.15, 0.2) is 0 Å². The molecule has 0 aromatic heterocycles. The number of nitrogens with zero attached hydrogens (tertiary/aromatic N) is 2. The predicted octanol–water partition coefficient (Wildman–Crippen LogP) is 1.06. The third kappa shape index (κ3) is 3.67. The zero-order valence-electron chi connectivity index (χ0n) is 12.1. The van der Waals surface area contributed by atoms with Crippen LogP contribution in [-0.2, 0) is 9.47 Å². The van der Waals surface area contributed by atoms with Crippen LogP contribution in [0.1, 0.15) is 19.3 Å². The molecule has 0 amide bonds. The van der Waals surface area contributed by atoms with E-state index >= 15 is 0 Å². The minimum Gasteiger partial charge on any atom is -0.381 e. The fraction of sp³-hybridized carbons (Fsp3) is 1.00. The van der Waals surface area contributed by atoms with Crippen molar-refractivity contribution in [2.45, 2.75) is 31.3 Å². The van der Waals surface area contributed by atoms with Crippen molar-refractivity contribution in [3.63, 3.8) is 0 Å². The molecule has 2 heterocycles. The van der Waals surface area contributed by atoms with E-state index in [0.29, 0.717) is 18.0 Å². The predicted molar refractivity (Wildman–Crippen MR) is 72.9 cm³/mol. The lowest BCUT2D eigenvalue weighted by Crippen LogP contribution is -2.49. The van der Waals surface area contributed by atoms with Crippen LogP contribution in [0.25, 0.3) is 0 Å². The van der Waals surface area contributed by atoms with Crippen molar-refractivity contribution in [2.75, 3.05) is 54.1 Å². The lowest BCUT2D eigenvalue weighted by molar-refractivity contribution is -0.0228. The number of hydrogen-bond donors (Lipinski definition) is 0. The van der Waals surface area contributed by atoms with Crippen molar-refractivity contribution >= 4 is 0 Å². The molecule has 2 aliphatic heterocycles. The Labute approximate surface area is 111 Å². The summed E-state index contributed by atoms with van der Waals surface area (Å²) in [6.45, 7) is 4.82. The maximum atomic E-state index is 5.67. The normalized spacial score (nSPS) is 31.2. The van der Waals surface area contributed by atoms with Gasteiger partial charge >= 0.3 is 0 Å².